The number of methoxy groups -OCH3 is 2. The van der Waals surface area contributed by atoms with Gasteiger partial charge in [-0.15, -0.1) is 11.3 Å². The predicted molar refractivity (Wildman–Crippen MR) is 142 cm³/mol. The van der Waals surface area contributed by atoms with Gasteiger partial charge in [0.25, 0.3) is 5.91 Å². The lowest BCUT2D eigenvalue weighted by Gasteiger charge is -2.13. The molecule has 3 rings (SSSR count). The largest absolute Gasteiger partial charge is 0.497 e. The van der Waals surface area contributed by atoms with E-state index < -0.39 is 11.9 Å². The van der Waals surface area contributed by atoms with Crippen LogP contribution in [-0.4, -0.2) is 31.2 Å². The number of nitrogens with one attached hydrogen (secondary N) is 1. The molecule has 3 aromatic rings. The predicted octanol–water partition coefficient (Wildman–Crippen LogP) is 6.20. The molecular formula is C20H14I3NO5S. The van der Waals surface area contributed by atoms with Crippen LogP contribution < -0.4 is 14.8 Å². The number of hydrogen-bond acceptors (Lipinski definition) is 5. The number of thiophene rings is 1. The topological polar surface area (TPSA) is 84.9 Å². The number of carboxylic acid groups (broad SMARTS) is 1. The first kappa shape index (κ1) is 23.5. The summed E-state index contributed by atoms with van der Waals surface area (Å²) in [4.78, 5) is 25.5. The molecule has 10 heteroatoms. The standard InChI is InChI=1S/C20H14I3NO5S/c1-28-10-5-3-9(4-6-10)18-14(20(26)27)13(8-30-18)24-19(25)11-7-12(21)16(23)17(29-2)15(11)22/h3-8H,1-2H3,(H,24,25)(H,26,27). The summed E-state index contributed by atoms with van der Waals surface area (Å²) in [5.41, 5.74) is 1.47. The van der Waals surface area contributed by atoms with Gasteiger partial charge in [0.2, 0.25) is 0 Å². The number of aromatic carboxylic acids is 1. The number of carboxylic acids is 1. The molecule has 0 aliphatic heterocycles. The van der Waals surface area contributed by atoms with E-state index in [0.717, 1.165) is 12.7 Å². The van der Waals surface area contributed by atoms with Crippen LogP contribution in [0.1, 0.15) is 20.7 Å². The summed E-state index contributed by atoms with van der Waals surface area (Å²) in [6, 6.07) is 8.87. The SMILES string of the molecule is COc1ccc(-c2scc(NC(=O)c3cc(I)c(I)c(OC)c3I)c2C(=O)O)cc1. The second kappa shape index (κ2) is 9.99. The number of ether oxygens (including phenoxy) is 2. The van der Waals surface area contributed by atoms with Crippen molar-refractivity contribution in [3.8, 4) is 21.9 Å². The van der Waals surface area contributed by atoms with Gasteiger partial charge in [0.1, 0.15) is 17.1 Å². The van der Waals surface area contributed by atoms with E-state index in [2.05, 4.69) is 73.1 Å². The molecule has 156 valence electrons. The van der Waals surface area contributed by atoms with E-state index in [1.807, 2.05) is 0 Å². The van der Waals surface area contributed by atoms with Gasteiger partial charge in [0.05, 0.1) is 37.5 Å². The van der Waals surface area contributed by atoms with Crippen LogP contribution in [0.3, 0.4) is 0 Å². The highest BCUT2D eigenvalue weighted by Crippen LogP contribution is 2.38. The molecular weight excluding hydrogens is 747 g/mol. The number of hydrogen-bond donors (Lipinski definition) is 2. The molecule has 1 aromatic heterocycles. The van der Waals surface area contributed by atoms with Gasteiger partial charge in [-0.2, -0.15) is 0 Å². The van der Waals surface area contributed by atoms with E-state index in [4.69, 9.17) is 9.47 Å². The maximum absolute atomic E-state index is 13.0. The number of carbonyl (C=O) groups excluding carboxylic acids is 1. The van der Waals surface area contributed by atoms with Gasteiger partial charge >= 0.3 is 5.97 Å². The molecule has 0 aliphatic rings. The number of anilines is 1. The minimum atomic E-state index is -1.11. The second-order valence-electron chi connectivity index (χ2n) is 5.91. The number of rotatable bonds is 6. The van der Waals surface area contributed by atoms with Crippen molar-refractivity contribution in [3.63, 3.8) is 0 Å². The van der Waals surface area contributed by atoms with Crippen LogP contribution >= 0.6 is 79.1 Å². The van der Waals surface area contributed by atoms with Crippen molar-refractivity contribution in [1.82, 2.24) is 0 Å². The first-order chi connectivity index (χ1) is 14.3. The van der Waals surface area contributed by atoms with Crippen molar-refractivity contribution < 1.29 is 24.2 Å². The quantitative estimate of drug-likeness (QED) is 0.231. The Morgan fingerprint density at radius 3 is 2.27 bits per heavy atom. The fraction of sp³-hybridized carbons (Fsp3) is 0.100. The van der Waals surface area contributed by atoms with Crippen molar-refractivity contribution in [2.75, 3.05) is 19.5 Å². The molecule has 0 aliphatic carbocycles. The average Bonchev–Trinajstić information content (AvgIpc) is 3.15. The Balaban J connectivity index is 2.00. The van der Waals surface area contributed by atoms with E-state index in [1.165, 1.54) is 11.3 Å². The minimum absolute atomic E-state index is 0.0562. The molecule has 0 unspecified atom stereocenters. The van der Waals surface area contributed by atoms with Crippen molar-refractivity contribution >= 4 is 96.7 Å². The first-order valence-corrected chi connectivity index (χ1v) is 12.4. The summed E-state index contributed by atoms with van der Waals surface area (Å²) in [5, 5.41) is 14.2. The fourth-order valence-electron chi connectivity index (χ4n) is 2.73. The van der Waals surface area contributed by atoms with Crippen LogP contribution in [0.5, 0.6) is 11.5 Å². The summed E-state index contributed by atoms with van der Waals surface area (Å²) in [5.74, 6) is -0.205. The zero-order valence-corrected chi connectivity index (χ0v) is 22.9. The molecule has 0 saturated carbocycles. The molecule has 0 fully saturated rings. The first-order valence-electron chi connectivity index (χ1n) is 8.30. The Morgan fingerprint density at radius 1 is 1.03 bits per heavy atom. The molecule has 30 heavy (non-hydrogen) atoms. The van der Waals surface area contributed by atoms with E-state index in [1.54, 1.807) is 49.9 Å². The minimum Gasteiger partial charge on any atom is -0.497 e. The number of carbonyl (C=O) groups is 2. The van der Waals surface area contributed by atoms with Gasteiger partial charge in [0.15, 0.2) is 0 Å². The summed E-state index contributed by atoms with van der Waals surface area (Å²) in [7, 11) is 3.12. The summed E-state index contributed by atoms with van der Waals surface area (Å²) in [6.45, 7) is 0. The van der Waals surface area contributed by atoms with Gasteiger partial charge in [0, 0.05) is 8.95 Å². The van der Waals surface area contributed by atoms with Crippen molar-refractivity contribution in [2.24, 2.45) is 0 Å². The van der Waals surface area contributed by atoms with Crippen LogP contribution in [0.2, 0.25) is 0 Å². The molecule has 1 amide bonds. The van der Waals surface area contributed by atoms with Gasteiger partial charge < -0.3 is 19.9 Å². The molecule has 0 atom stereocenters. The number of benzene rings is 2. The van der Waals surface area contributed by atoms with Crippen LogP contribution in [0.4, 0.5) is 5.69 Å². The summed E-state index contributed by atoms with van der Waals surface area (Å²) < 4.78 is 13.1. The molecule has 0 bridgehead atoms. The summed E-state index contributed by atoms with van der Waals surface area (Å²) in [6.07, 6.45) is 0. The molecule has 2 aromatic carbocycles. The lowest BCUT2D eigenvalue weighted by molar-refractivity contribution is 0.0699. The van der Waals surface area contributed by atoms with Crippen molar-refractivity contribution in [2.45, 2.75) is 0 Å². The highest BCUT2D eigenvalue weighted by atomic mass is 127. The number of halogens is 3. The molecule has 0 spiro atoms. The monoisotopic (exact) mass is 761 g/mol. The Hall–Kier alpha value is -1.13. The zero-order chi connectivity index (χ0) is 22.0. The van der Waals surface area contributed by atoms with Crippen LogP contribution in [0, 0.1) is 10.7 Å². The highest BCUT2D eigenvalue weighted by molar-refractivity contribution is 14.1. The molecule has 0 radical (unpaired) electrons. The lowest BCUT2D eigenvalue weighted by Crippen LogP contribution is -2.16. The Morgan fingerprint density at radius 2 is 1.70 bits per heavy atom. The molecule has 2 N–H and O–H groups in total. The van der Waals surface area contributed by atoms with E-state index in [-0.39, 0.29) is 11.3 Å². The van der Waals surface area contributed by atoms with Crippen LogP contribution in [-0.2, 0) is 0 Å². The van der Waals surface area contributed by atoms with Crippen molar-refractivity contribution in [1.29, 1.82) is 0 Å². The van der Waals surface area contributed by atoms with Gasteiger partial charge in [-0.25, -0.2) is 4.79 Å². The van der Waals surface area contributed by atoms with Gasteiger partial charge in [-0.3, -0.25) is 4.79 Å². The second-order valence-corrected chi connectivity index (χ2v) is 10.1. The summed E-state index contributed by atoms with van der Waals surface area (Å²) >= 11 is 7.64. The smallest absolute Gasteiger partial charge is 0.339 e. The molecule has 1 heterocycles. The third-order valence-corrected chi connectivity index (χ3v) is 9.22. The molecule has 6 nitrogen and oxygen atoms in total. The third kappa shape index (κ3) is 4.70. The van der Waals surface area contributed by atoms with E-state index in [9.17, 15) is 14.7 Å². The molecule has 0 saturated heterocycles. The fourth-order valence-corrected chi connectivity index (χ4v) is 6.34. The van der Waals surface area contributed by atoms with E-state index in [0.29, 0.717) is 25.5 Å². The van der Waals surface area contributed by atoms with Crippen LogP contribution in [0.15, 0.2) is 35.7 Å². The normalized spacial score (nSPS) is 10.6. The maximum atomic E-state index is 13.0. The third-order valence-electron chi connectivity index (χ3n) is 4.17. The average molecular weight is 761 g/mol. The lowest BCUT2D eigenvalue weighted by atomic mass is 10.1. The van der Waals surface area contributed by atoms with Gasteiger partial charge in [-0.1, -0.05) is 0 Å². The zero-order valence-electron chi connectivity index (χ0n) is 15.6. The van der Waals surface area contributed by atoms with Crippen molar-refractivity contribution in [3.05, 3.63) is 57.5 Å². The van der Waals surface area contributed by atoms with Crippen LogP contribution in [0.25, 0.3) is 10.4 Å². The van der Waals surface area contributed by atoms with E-state index >= 15 is 0 Å². The highest BCUT2D eigenvalue weighted by Gasteiger charge is 2.24. The maximum Gasteiger partial charge on any atom is 0.339 e. The Labute approximate surface area is 217 Å². The Kier molecular flexibility index (Phi) is 7.84. The number of amides is 1. The Bertz CT molecular complexity index is 1130. The van der Waals surface area contributed by atoms with Gasteiger partial charge in [-0.05, 0) is 104 Å².